The highest BCUT2D eigenvalue weighted by Crippen LogP contribution is 2.30. The summed E-state index contributed by atoms with van der Waals surface area (Å²) < 4.78 is 6.01. The lowest BCUT2D eigenvalue weighted by molar-refractivity contribution is 0.629. The van der Waals surface area contributed by atoms with E-state index in [1.807, 2.05) is 6.07 Å². The van der Waals surface area contributed by atoms with Gasteiger partial charge in [0.05, 0.1) is 0 Å². The highest BCUT2D eigenvalue weighted by molar-refractivity contribution is 6.91. The Kier molecular flexibility index (Phi) is 5.72. The topological polar surface area (TPSA) is 9.23 Å². The van der Waals surface area contributed by atoms with Crippen molar-refractivity contribution in [3.05, 3.63) is 83.4 Å². The summed E-state index contributed by atoms with van der Waals surface area (Å²) in [4.78, 5) is 0. The molecule has 0 spiro atoms. The van der Waals surface area contributed by atoms with Gasteiger partial charge in [0.25, 0.3) is 0 Å². The van der Waals surface area contributed by atoms with Crippen molar-refractivity contribution in [3.8, 4) is 0 Å². The molecule has 0 saturated carbocycles. The maximum absolute atomic E-state index is 6.01. The van der Waals surface area contributed by atoms with Crippen LogP contribution in [0.25, 0.3) is 11.3 Å². The van der Waals surface area contributed by atoms with E-state index in [9.17, 15) is 0 Å². The molecule has 0 aromatic heterocycles. The molecule has 0 radical (unpaired) electrons. The molecule has 2 aromatic rings. The van der Waals surface area contributed by atoms with Gasteiger partial charge in [-0.1, -0.05) is 72.8 Å². The van der Waals surface area contributed by atoms with Gasteiger partial charge in [-0.25, -0.2) is 0 Å². The van der Waals surface area contributed by atoms with E-state index in [0.717, 1.165) is 10.5 Å². The fourth-order valence-corrected chi connectivity index (χ4v) is 5.34. The Morgan fingerprint density at radius 1 is 0.955 bits per heavy atom. The fraction of sp³-hybridized carbons (Fsp3) is 0.158. The minimum absolute atomic E-state index is 0.775. The van der Waals surface area contributed by atoms with Crippen LogP contribution in [0.2, 0.25) is 13.1 Å². The van der Waals surface area contributed by atoms with E-state index in [0.29, 0.717) is 0 Å². The molecule has 0 heterocycles. The zero-order chi connectivity index (χ0) is 16.0. The van der Waals surface area contributed by atoms with Crippen LogP contribution in [0.5, 0.6) is 0 Å². The van der Waals surface area contributed by atoms with Crippen molar-refractivity contribution in [2.24, 2.45) is 0 Å². The van der Waals surface area contributed by atoms with Crippen LogP contribution in [0.3, 0.4) is 0 Å². The van der Waals surface area contributed by atoms with Gasteiger partial charge in [0, 0.05) is 0 Å². The zero-order valence-corrected chi connectivity index (χ0v) is 16.8. The Morgan fingerprint density at radius 2 is 1.50 bits per heavy atom. The van der Waals surface area contributed by atoms with Crippen molar-refractivity contribution >= 4 is 30.1 Å². The first kappa shape index (κ1) is 16.7. The second kappa shape index (κ2) is 7.54. The quantitative estimate of drug-likeness (QED) is 0.591. The SMILES string of the molecule is CC(C=Cc1ccccc1)=C(c1ccccc1)[Si](C)(C)O[SiH3]. The predicted octanol–water partition coefficient (Wildman–Crippen LogP) is 4.21. The van der Waals surface area contributed by atoms with Crippen LogP contribution in [0.4, 0.5) is 0 Å². The summed E-state index contributed by atoms with van der Waals surface area (Å²) in [5.74, 6) is 0. The van der Waals surface area contributed by atoms with Gasteiger partial charge < -0.3 is 4.12 Å². The smallest absolute Gasteiger partial charge is 0.206 e. The summed E-state index contributed by atoms with van der Waals surface area (Å²) in [6, 6.07) is 21.0. The summed E-state index contributed by atoms with van der Waals surface area (Å²) >= 11 is 0. The van der Waals surface area contributed by atoms with Crippen molar-refractivity contribution in [2.45, 2.75) is 20.0 Å². The molecule has 0 amide bonds. The van der Waals surface area contributed by atoms with E-state index >= 15 is 0 Å². The number of hydrogen-bond donors (Lipinski definition) is 0. The number of allylic oxidation sites excluding steroid dienone is 2. The second-order valence-corrected chi connectivity index (χ2v) is 11.0. The number of benzene rings is 2. The summed E-state index contributed by atoms with van der Waals surface area (Å²) in [5.41, 5.74) is 3.80. The molecule has 0 bridgehead atoms. The van der Waals surface area contributed by atoms with Crippen molar-refractivity contribution < 1.29 is 4.12 Å². The Balaban J connectivity index is 2.45. The van der Waals surface area contributed by atoms with Crippen LogP contribution in [-0.2, 0) is 4.12 Å². The van der Waals surface area contributed by atoms with E-state index in [-0.39, 0.29) is 0 Å². The van der Waals surface area contributed by atoms with Crippen molar-refractivity contribution in [1.82, 2.24) is 0 Å². The number of rotatable bonds is 5. The van der Waals surface area contributed by atoms with Gasteiger partial charge in [0.2, 0.25) is 8.32 Å². The van der Waals surface area contributed by atoms with E-state index in [2.05, 4.69) is 86.8 Å². The van der Waals surface area contributed by atoms with E-state index in [1.165, 1.54) is 21.9 Å². The van der Waals surface area contributed by atoms with Crippen LogP contribution in [0.1, 0.15) is 18.1 Å². The van der Waals surface area contributed by atoms with E-state index < -0.39 is 8.32 Å². The molecule has 0 aliphatic carbocycles. The average Bonchev–Trinajstić information content (AvgIpc) is 2.55. The molecule has 2 aromatic carbocycles. The van der Waals surface area contributed by atoms with Crippen molar-refractivity contribution in [2.75, 3.05) is 0 Å². The summed E-state index contributed by atoms with van der Waals surface area (Å²) in [7, 11) is -1.08. The molecular formula is C19H24OSi2. The van der Waals surface area contributed by atoms with Crippen LogP contribution in [0, 0.1) is 0 Å². The minimum atomic E-state index is -1.86. The first-order chi connectivity index (χ1) is 10.5. The molecule has 0 unspecified atom stereocenters. The van der Waals surface area contributed by atoms with Gasteiger partial charge in [0.15, 0.2) is 0 Å². The molecule has 2 rings (SSSR count). The highest BCUT2D eigenvalue weighted by Gasteiger charge is 2.28. The van der Waals surface area contributed by atoms with E-state index in [1.54, 1.807) is 0 Å². The summed E-state index contributed by atoms with van der Waals surface area (Å²) in [5, 5.41) is 1.38. The second-order valence-electron chi connectivity index (χ2n) is 5.88. The molecule has 114 valence electrons. The lowest BCUT2D eigenvalue weighted by Gasteiger charge is -2.26. The average molecular weight is 325 g/mol. The van der Waals surface area contributed by atoms with Crippen LogP contribution < -0.4 is 0 Å². The normalized spacial score (nSPS) is 13.4. The third-order valence-electron chi connectivity index (χ3n) is 3.89. The fourth-order valence-electron chi connectivity index (χ4n) is 2.63. The van der Waals surface area contributed by atoms with Gasteiger partial charge in [-0.05, 0) is 41.9 Å². The maximum atomic E-state index is 6.01. The van der Waals surface area contributed by atoms with E-state index in [4.69, 9.17) is 4.12 Å². The molecule has 0 saturated heterocycles. The molecule has 0 atom stereocenters. The molecule has 0 aliphatic heterocycles. The molecule has 0 fully saturated rings. The Labute approximate surface area is 138 Å². The Bertz CT molecular complexity index is 658. The van der Waals surface area contributed by atoms with Crippen LogP contribution in [-0.4, -0.2) is 18.8 Å². The predicted molar refractivity (Wildman–Crippen MR) is 103 cm³/mol. The zero-order valence-electron chi connectivity index (χ0n) is 13.8. The van der Waals surface area contributed by atoms with Gasteiger partial charge >= 0.3 is 0 Å². The summed E-state index contributed by atoms with van der Waals surface area (Å²) in [6.45, 7) is 6.75. The summed E-state index contributed by atoms with van der Waals surface area (Å²) in [6.07, 6.45) is 4.39. The number of hydrogen-bond acceptors (Lipinski definition) is 1. The third kappa shape index (κ3) is 4.16. The Hall–Kier alpha value is -1.69. The molecular weight excluding hydrogens is 300 g/mol. The first-order valence-electron chi connectivity index (χ1n) is 7.59. The van der Waals surface area contributed by atoms with Gasteiger partial charge in [0.1, 0.15) is 10.5 Å². The third-order valence-corrected chi connectivity index (χ3v) is 9.86. The maximum Gasteiger partial charge on any atom is 0.206 e. The monoisotopic (exact) mass is 324 g/mol. The largest absolute Gasteiger partial charge is 0.460 e. The van der Waals surface area contributed by atoms with Crippen molar-refractivity contribution in [1.29, 1.82) is 0 Å². The molecule has 22 heavy (non-hydrogen) atoms. The lowest BCUT2D eigenvalue weighted by Crippen LogP contribution is -2.32. The Morgan fingerprint density at radius 3 is 2.05 bits per heavy atom. The van der Waals surface area contributed by atoms with Gasteiger partial charge in [-0.2, -0.15) is 0 Å². The van der Waals surface area contributed by atoms with Crippen LogP contribution >= 0.6 is 0 Å². The van der Waals surface area contributed by atoms with Crippen molar-refractivity contribution in [3.63, 3.8) is 0 Å². The molecule has 3 heteroatoms. The van der Waals surface area contributed by atoms with Gasteiger partial charge in [-0.15, -0.1) is 0 Å². The molecule has 0 aliphatic rings. The molecule has 1 nitrogen and oxygen atoms in total. The highest BCUT2D eigenvalue weighted by atomic mass is 28.4. The first-order valence-corrected chi connectivity index (χ1v) is 11.3. The lowest BCUT2D eigenvalue weighted by atomic mass is 10.1. The minimum Gasteiger partial charge on any atom is -0.460 e. The van der Waals surface area contributed by atoms with Crippen LogP contribution in [0.15, 0.2) is 72.3 Å². The van der Waals surface area contributed by atoms with Gasteiger partial charge in [-0.3, -0.25) is 0 Å². The standard InChI is InChI=1S/C19H24OSi2/c1-16(14-15-17-10-6-4-7-11-17)19(22(2,3)20-21)18-12-8-5-9-13-18/h4-15H,1-3,21H3. The molecule has 0 N–H and O–H groups in total.